The number of esters is 1. The van der Waals surface area contributed by atoms with Crippen molar-refractivity contribution in [3.63, 3.8) is 0 Å². The van der Waals surface area contributed by atoms with E-state index in [2.05, 4.69) is 0 Å². The third-order valence-electron chi connectivity index (χ3n) is 7.31. The number of benzene rings is 1. The third-order valence-corrected chi connectivity index (χ3v) is 7.31. The number of fused-ring (bicyclic) bond motifs is 5. The topological polar surface area (TPSA) is 117 Å². The van der Waals surface area contributed by atoms with E-state index in [9.17, 15) is 19.1 Å². The SMILES string of the molecule is CC[C@@]1(O)C(=O)OCc2c1cc1n(c2=O)Cc2c-1nc1cc(F)c(OC)c3c1c2[C@@H](N)CC3. The van der Waals surface area contributed by atoms with Gasteiger partial charge in [-0.15, -0.1) is 0 Å². The predicted octanol–water partition coefficient (Wildman–Crippen LogP) is 2.17. The van der Waals surface area contributed by atoms with Crippen molar-refractivity contribution in [2.75, 3.05) is 7.11 Å². The summed E-state index contributed by atoms with van der Waals surface area (Å²) in [6.07, 6.45) is 1.23. The number of cyclic esters (lactones) is 1. The quantitative estimate of drug-likeness (QED) is 0.449. The zero-order chi connectivity index (χ0) is 23.2. The summed E-state index contributed by atoms with van der Waals surface area (Å²) in [7, 11) is 1.44. The van der Waals surface area contributed by atoms with Gasteiger partial charge in [0.15, 0.2) is 17.2 Å². The Balaban J connectivity index is 1.69. The van der Waals surface area contributed by atoms with Crippen LogP contribution in [0.2, 0.25) is 0 Å². The number of halogens is 1. The summed E-state index contributed by atoms with van der Waals surface area (Å²) < 4.78 is 26.8. The normalized spacial score (nSPS) is 22.6. The maximum atomic E-state index is 14.8. The zero-order valence-electron chi connectivity index (χ0n) is 18.2. The van der Waals surface area contributed by atoms with Crippen molar-refractivity contribution < 1.29 is 23.8 Å². The number of ether oxygens (including phenoxy) is 2. The summed E-state index contributed by atoms with van der Waals surface area (Å²) in [5, 5.41) is 11.8. The number of methoxy groups -OCH3 is 1. The molecule has 0 bridgehead atoms. The van der Waals surface area contributed by atoms with Gasteiger partial charge in [-0.1, -0.05) is 6.92 Å². The lowest BCUT2D eigenvalue weighted by Gasteiger charge is -2.31. The van der Waals surface area contributed by atoms with Gasteiger partial charge in [0.1, 0.15) is 6.61 Å². The van der Waals surface area contributed by atoms with E-state index >= 15 is 0 Å². The van der Waals surface area contributed by atoms with Gasteiger partial charge in [-0.25, -0.2) is 14.2 Å². The molecule has 0 unspecified atom stereocenters. The monoisotopic (exact) mass is 451 g/mol. The Kier molecular flexibility index (Phi) is 4.07. The number of pyridine rings is 2. The molecule has 0 saturated heterocycles. The van der Waals surface area contributed by atoms with Gasteiger partial charge in [-0.2, -0.15) is 0 Å². The molecule has 1 aromatic carbocycles. The van der Waals surface area contributed by atoms with Crippen LogP contribution >= 0.6 is 0 Å². The van der Waals surface area contributed by atoms with Crippen molar-refractivity contribution in [1.82, 2.24) is 9.55 Å². The highest BCUT2D eigenvalue weighted by atomic mass is 19.1. The lowest BCUT2D eigenvalue weighted by Crippen LogP contribution is -2.44. The fourth-order valence-electron chi connectivity index (χ4n) is 5.62. The number of hydrogen-bond acceptors (Lipinski definition) is 7. The number of hydrogen-bond donors (Lipinski definition) is 2. The number of aryl methyl sites for hydroxylation is 1. The number of aromatic nitrogens is 2. The van der Waals surface area contributed by atoms with Gasteiger partial charge in [0.2, 0.25) is 0 Å². The van der Waals surface area contributed by atoms with E-state index in [0.717, 1.165) is 22.1 Å². The van der Waals surface area contributed by atoms with Crippen LogP contribution in [-0.2, 0) is 34.7 Å². The van der Waals surface area contributed by atoms with Gasteiger partial charge in [-0.3, -0.25) is 4.79 Å². The Morgan fingerprint density at radius 1 is 1.33 bits per heavy atom. The standard InChI is InChI=1S/C24H22FN3O5/c1-3-24(31)13-6-17-20-11(8-28(17)22(29)12(13)9-33-23(24)30)18-15(26)5-4-10-19(18)16(27-20)7-14(25)21(10)32-2/h6-7,15,31H,3-5,8-9,26H2,1-2H3/t15-,24-/m0/s1. The molecule has 4 heterocycles. The molecule has 1 aliphatic carbocycles. The highest BCUT2D eigenvalue weighted by molar-refractivity contribution is 5.94. The van der Waals surface area contributed by atoms with Gasteiger partial charge < -0.3 is 24.9 Å². The number of nitrogens with zero attached hydrogens (tertiary/aromatic N) is 2. The van der Waals surface area contributed by atoms with Crippen LogP contribution in [0.4, 0.5) is 4.39 Å². The van der Waals surface area contributed by atoms with Crippen LogP contribution in [0.15, 0.2) is 16.9 Å². The van der Waals surface area contributed by atoms with Crippen LogP contribution in [-0.4, -0.2) is 27.7 Å². The molecule has 170 valence electrons. The van der Waals surface area contributed by atoms with Crippen LogP contribution in [0.25, 0.3) is 22.3 Å². The number of rotatable bonds is 2. The minimum atomic E-state index is -1.90. The lowest BCUT2D eigenvalue weighted by molar-refractivity contribution is -0.172. The molecule has 0 amide bonds. The maximum absolute atomic E-state index is 14.8. The molecule has 33 heavy (non-hydrogen) atoms. The molecule has 0 spiro atoms. The van der Waals surface area contributed by atoms with Crippen LogP contribution < -0.4 is 16.0 Å². The summed E-state index contributed by atoms with van der Waals surface area (Å²) in [4.78, 5) is 30.5. The molecule has 3 aromatic rings. The average molecular weight is 451 g/mol. The fourth-order valence-corrected chi connectivity index (χ4v) is 5.62. The highest BCUT2D eigenvalue weighted by Gasteiger charge is 2.45. The first kappa shape index (κ1) is 20.3. The molecule has 2 atom stereocenters. The van der Waals surface area contributed by atoms with Crippen molar-refractivity contribution in [2.24, 2.45) is 5.73 Å². The summed E-state index contributed by atoms with van der Waals surface area (Å²) >= 11 is 0. The molecule has 0 radical (unpaired) electrons. The van der Waals surface area contributed by atoms with E-state index in [0.29, 0.717) is 29.7 Å². The highest BCUT2D eigenvalue weighted by Crippen LogP contribution is 2.46. The van der Waals surface area contributed by atoms with Crippen molar-refractivity contribution >= 4 is 16.9 Å². The summed E-state index contributed by atoms with van der Waals surface area (Å²) in [6.45, 7) is 1.71. The van der Waals surface area contributed by atoms with Crippen molar-refractivity contribution in [1.29, 1.82) is 0 Å². The van der Waals surface area contributed by atoms with E-state index < -0.39 is 17.4 Å². The Labute approximate surface area is 187 Å². The Bertz CT molecular complexity index is 1460. The zero-order valence-corrected chi connectivity index (χ0v) is 18.2. The second-order valence-electron chi connectivity index (χ2n) is 8.87. The molecule has 2 aliphatic heterocycles. The number of carbonyl (C=O) groups excluding carboxylic acids is 1. The van der Waals surface area contributed by atoms with E-state index in [-0.39, 0.29) is 48.0 Å². The molecular weight excluding hydrogens is 429 g/mol. The Hall–Kier alpha value is -3.30. The van der Waals surface area contributed by atoms with Crippen molar-refractivity contribution in [2.45, 2.75) is 51.0 Å². The predicted molar refractivity (Wildman–Crippen MR) is 116 cm³/mol. The summed E-state index contributed by atoms with van der Waals surface area (Å²) in [6, 6.07) is 2.68. The molecule has 0 fully saturated rings. The molecule has 2 aromatic heterocycles. The number of carbonyl (C=O) groups is 1. The number of nitrogens with two attached hydrogens (primary N) is 1. The minimum absolute atomic E-state index is 0.0597. The molecule has 9 heteroatoms. The number of aliphatic hydroxyl groups is 1. The van der Waals surface area contributed by atoms with Crippen LogP contribution in [0.1, 0.15) is 53.6 Å². The van der Waals surface area contributed by atoms with Crippen LogP contribution in [0.5, 0.6) is 5.75 Å². The maximum Gasteiger partial charge on any atom is 0.343 e. The van der Waals surface area contributed by atoms with Crippen LogP contribution in [0.3, 0.4) is 0 Å². The average Bonchev–Trinajstić information content (AvgIpc) is 3.17. The molecular formula is C24H22FN3O5. The van der Waals surface area contributed by atoms with Gasteiger partial charge in [0.25, 0.3) is 5.56 Å². The van der Waals surface area contributed by atoms with E-state index in [1.54, 1.807) is 17.6 Å². The van der Waals surface area contributed by atoms with Gasteiger partial charge in [0.05, 0.1) is 36.1 Å². The van der Waals surface area contributed by atoms with Gasteiger partial charge in [0, 0.05) is 34.2 Å². The second-order valence-corrected chi connectivity index (χ2v) is 8.87. The lowest BCUT2D eigenvalue weighted by atomic mass is 9.83. The summed E-state index contributed by atoms with van der Waals surface area (Å²) in [5.41, 5.74) is 8.60. The molecule has 3 aliphatic rings. The van der Waals surface area contributed by atoms with Crippen LogP contribution in [0, 0.1) is 5.82 Å². The molecule has 8 nitrogen and oxygen atoms in total. The first-order valence-electron chi connectivity index (χ1n) is 10.9. The van der Waals surface area contributed by atoms with E-state index in [4.69, 9.17) is 20.2 Å². The first-order chi connectivity index (χ1) is 15.8. The van der Waals surface area contributed by atoms with Gasteiger partial charge in [-0.05, 0) is 30.9 Å². The Morgan fingerprint density at radius 2 is 2.12 bits per heavy atom. The molecule has 3 N–H and O–H groups in total. The minimum Gasteiger partial charge on any atom is -0.493 e. The molecule has 0 saturated carbocycles. The fraction of sp³-hybridized carbons (Fsp3) is 0.375. The van der Waals surface area contributed by atoms with Crippen molar-refractivity contribution in [3.8, 4) is 17.1 Å². The van der Waals surface area contributed by atoms with E-state index in [1.165, 1.54) is 13.2 Å². The van der Waals surface area contributed by atoms with Gasteiger partial charge >= 0.3 is 5.97 Å². The first-order valence-corrected chi connectivity index (χ1v) is 10.9. The third kappa shape index (κ3) is 2.43. The van der Waals surface area contributed by atoms with Crippen molar-refractivity contribution in [3.05, 3.63) is 56.1 Å². The van der Waals surface area contributed by atoms with E-state index in [1.807, 2.05) is 0 Å². The Morgan fingerprint density at radius 3 is 2.85 bits per heavy atom. The second kappa shape index (κ2) is 6.61. The summed E-state index contributed by atoms with van der Waals surface area (Å²) in [5.74, 6) is -1.08. The smallest absolute Gasteiger partial charge is 0.343 e. The molecule has 6 rings (SSSR count). The largest absolute Gasteiger partial charge is 0.493 e.